The van der Waals surface area contributed by atoms with Crippen LogP contribution in [-0.4, -0.2) is 56.9 Å². The Bertz CT molecular complexity index is 947. The van der Waals surface area contributed by atoms with Crippen LogP contribution in [0.15, 0.2) is 35.5 Å². The molecule has 0 radical (unpaired) electrons. The molecule has 5 rings (SSSR count). The summed E-state index contributed by atoms with van der Waals surface area (Å²) in [6.07, 6.45) is 8.50. The maximum atomic E-state index is 13.3. The first-order chi connectivity index (χ1) is 12.8. The molecule has 0 aliphatic carbocycles. The Morgan fingerprint density at radius 1 is 1.35 bits per heavy atom. The third-order valence-electron chi connectivity index (χ3n) is 5.45. The Morgan fingerprint density at radius 2 is 2.27 bits per heavy atom. The Balaban J connectivity index is 1.63. The van der Waals surface area contributed by atoms with E-state index in [1.165, 1.54) is 6.39 Å². The first-order valence-corrected chi connectivity index (χ1v) is 9.05. The van der Waals surface area contributed by atoms with E-state index in [9.17, 15) is 4.79 Å². The highest BCUT2D eigenvalue weighted by Crippen LogP contribution is 2.30. The molecule has 26 heavy (non-hydrogen) atoms. The van der Waals surface area contributed by atoms with Crippen LogP contribution >= 0.6 is 0 Å². The number of morpholine rings is 1. The van der Waals surface area contributed by atoms with E-state index in [0.29, 0.717) is 23.7 Å². The van der Waals surface area contributed by atoms with Crippen molar-refractivity contribution < 1.29 is 13.9 Å². The molecule has 0 amide bonds. The number of hydrogen-bond acceptors (Lipinski definition) is 6. The number of Topliss-reactive ketones (excluding diaryl/α,β-unsaturated/α-hetero) is 1. The van der Waals surface area contributed by atoms with E-state index in [1.807, 2.05) is 16.7 Å². The van der Waals surface area contributed by atoms with E-state index in [-0.39, 0.29) is 17.9 Å². The van der Waals surface area contributed by atoms with E-state index in [4.69, 9.17) is 9.15 Å². The summed E-state index contributed by atoms with van der Waals surface area (Å²) in [6.45, 7) is 4.52. The lowest BCUT2D eigenvalue weighted by Gasteiger charge is -2.31. The minimum Gasteiger partial charge on any atom is -0.443 e. The monoisotopic (exact) mass is 352 g/mol. The largest absolute Gasteiger partial charge is 0.443 e. The maximum absolute atomic E-state index is 13.3. The molecule has 2 aliphatic heterocycles. The molecule has 2 saturated heterocycles. The summed E-state index contributed by atoms with van der Waals surface area (Å²) >= 11 is 0. The highest BCUT2D eigenvalue weighted by molar-refractivity contribution is 6.00. The van der Waals surface area contributed by atoms with Crippen molar-refractivity contribution in [3.05, 3.63) is 42.3 Å². The summed E-state index contributed by atoms with van der Waals surface area (Å²) in [5.74, 6) is 0.733. The highest BCUT2D eigenvalue weighted by atomic mass is 16.5. The quantitative estimate of drug-likeness (QED) is 0.671. The number of pyridine rings is 1. The molecule has 2 aliphatic rings. The van der Waals surface area contributed by atoms with Gasteiger partial charge in [0, 0.05) is 19.3 Å². The van der Waals surface area contributed by atoms with Gasteiger partial charge in [-0.15, -0.1) is 0 Å². The maximum Gasteiger partial charge on any atom is 0.200 e. The van der Waals surface area contributed by atoms with E-state index in [0.717, 1.165) is 37.1 Å². The fraction of sp³-hybridized carbons (Fsp3) is 0.421. The van der Waals surface area contributed by atoms with Crippen molar-refractivity contribution in [1.29, 1.82) is 0 Å². The molecule has 5 heterocycles. The van der Waals surface area contributed by atoms with Crippen LogP contribution in [-0.2, 0) is 11.2 Å². The number of aromatic nitrogens is 3. The summed E-state index contributed by atoms with van der Waals surface area (Å²) in [5, 5.41) is 0. The van der Waals surface area contributed by atoms with Gasteiger partial charge in [0.2, 0.25) is 5.78 Å². The molecule has 3 aromatic rings. The summed E-state index contributed by atoms with van der Waals surface area (Å²) in [6, 6.07) is 1.84. The zero-order chi connectivity index (χ0) is 17.7. The molecular formula is C19H20N4O3. The Hall–Kier alpha value is -2.51. The average molecular weight is 352 g/mol. The first kappa shape index (κ1) is 15.7. The van der Waals surface area contributed by atoms with Gasteiger partial charge >= 0.3 is 0 Å². The number of ketones is 1. The van der Waals surface area contributed by atoms with Crippen LogP contribution < -0.4 is 0 Å². The Morgan fingerprint density at radius 3 is 3.04 bits per heavy atom. The molecular weight excluding hydrogens is 332 g/mol. The molecule has 134 valence electrons. The number of hydrogen-bond donors (Lipinski definition) is 0. The molecule has 0 spiro atoms. The van der Waals surface area contributed by atoms with Gasteiger partial charge in [-0.3, -0.25) is 14.1 Å². The van der Waals surface area contributed by atoms with Crippen molar-refractivity contribution in [3.63, 3.8) is 0 Å². The molecule has 0 saturated carbocycles. The third kappa shape index (κ3) is 2.31. The number of fused-ring (bicyclic) bond motifs is 3. The summed E-state index contributed by atoms with van der Waals surface area (Å²) in [7, 11) is 0. The summed E-state index contributed by atoms with van der Waals surface area (Å²) in [4.78, 5) is 24.1. The van der Waals surface area contributed by atoms with Crippen molar-refractivity contribution in [2.24, 2.45) is 0 Å². The van der Waals surface area contributed by atoms with Gasteiger partial charge in [0.15, 0.2) is 12.2 Å². The van der Waals surface area contributed by atoms with Crippen LogP contribution in [0.1, 0.15) is 29.4 Å². The summed E-state index contributed by atoms with van der Waals surface area (Å²) < 4.78 is 13.2. The number of ether oxygens (including phenoxy) is 1. The van der Waals surface area contributed by atoms with Gasteiger partial charge in [-0.1, -0.05) is 6.92 Å². The van der Waals surface area contributed by atoms with Gasteiger partial charge in [-0.25, -0.2) is 9.97 Å². The van der Waals surface area contributed by atoms with Crippen LogP contribution in [0.4, 0.5) is 0 Å². The molecule has 2 bridgehead atoms. The zero-order valence-electron chi connectivity index (χ0n) is 14.6. The standard InChI is InChI=1S/C19H20N4O3/c1-2-12-7-13(16-9-20-11-26-16)19-21-8-14(23(19)10-12)18(24)17-15-3-4-22(17)5-6-25-15/h7-11,15,17H,2-6H2,1H3/t15-,17?/m0/s1. The minimum atomic E-state index is -0.206. The van der Waals surface area contributed by atoms with Crippen LogP contribution in [0.3, 0.4) is 0 Å². The number of nitrogens with zero attached hydrogens (tertiary/aromatic N) is 4. The number of carbonyl (C=O) groups is 1. The molecule has 7 heteroatoms. The predicted octanol–water partition coefficient (Wildman–Crippen LogP) is 2.21. The topological polar surface area (TPSA) is 72.9 Å². The number of aryl methyl sites for hydroxylation is 1. The molecule has 7 nitrogen and oxygen atoms in total. The second-order valence-corrected chi connectivity index (χ2v) is 6.86. The van der Waals surface area contributed by atoms with Crippen molar-refractivity contribution in [3.8, 4) is 11.3 Å². The van der Waals surface area contributed by atoms with E-state index < -0.39 is 0 Å². The first-order valence-electron chi connectivity index (χ1n) is 9.05. The second-order valence-electron chi connectivity index (χ2n) is 6.86. The smallest absolute Gasteiger partial charge is 0.200 e. The predicted molar refractivity (Wildman–Crippen MR) is 94.1 cm³/mol. The Labute approximate surface area is 150 Å². The average Bonchev–Trinajstić information content (AvgIpc) is 3.38. The molecule has 2 unspecified atom stereocenters. The van der Waals surface area contributed by atoms with Crippen LogP contribution in [0.25, 0.3) is 17.0 Å². The van der Waals surface area contributed by atoms with E-state index >= 15 is 0 Å². The number of rotatable bonds is 4. The molecule has 0 aromatic carbocycles. The lowest BCUT2D eigenvalue weighted by molar-refractivity contribution is -0.0150. The van der Waals surface area contributed by atoms with Crippen LogP contribution in [0.5, 0.6) is 0 Å². The van der Waals surface area contributed by atoms with Gasteiger partial charge in [0.1, 0.15) is 17.4 Å². The molecule has 2 fully saturated rings. The highest BCUT2D eigenvalue weighted by Gasteiger charge is 2.43. The van der Waals surface area contributed by atoms with Crippen molar-refractivity contribution in [2.75, 3.05) is 19.7 Å². The van der Waals surface area contributed by atoms with Crippen molar-refractivity contribution in [1.82, 2.24) is 19.3 Å². The van der Waals surface area contributed by atoms with Crippen molar-refractivity contribution in [2.45, 2.75) is 31.9 Å². The second kappa shape index (κ2) is 6.03. The Kier molecular flexibility index (Phi) is 3.65. The molecule has 0 N–H and O–H groups in total. The molecule has 3 atom stereocenters. The fourth-order valence-corrected chi connectivity index (χ4v) is 4.11. The lowest BCUT2D eigenvalue weighted by atomic mass is 10.0. The minimum absolute atomic E-state index is 0.00935. The summed E-state index contributed by atoms with van der Waals surface area (Å²) in [5.41, 5.74) is 3.27. The van der Waals surface area contributed by atoms with Crippen LogP contribution in [0, 0.1) is 0 Å². The number of imidazole rings is 1. The fourth-order valence-electron chi connectivity index (χ4n) is 4.11. The zero-order valence-corrected chi connectivity index (χ0v) is 14.6. The van der Waals surface area contributed by atoms with Gasteiger partial charge in [0.25, 0.3) is 0 Å². The van der Waals surface area contributed by atoms with Gasteiger partial charge in [-0.05, 0) is 24.5 Å². The van der Waals surface area contributed by atoms with Gasteiger partial charge in [-0.2, -0.15) is 0 Å². The third-order valence-corrected chi connectivity index (χ3v) is 5.45. The molecule has 3 aromatic heterocycles. The number of carbonyl (C=O) groups excluding carboxylic acids is 1. The van der Waals surface area contributed by atoms with Gasteiger partial charge < -0.3 is 9.15 Å². The normalized spacial score (nSPS) is 25.0. The van der Waals surface area contributed by atoms with Crippen LogP contribution in [0.2, 0.25) is 0 Å². The van der Waals surface area contributed by atoms with Crippen molar-refractivity contribution >= 4 is 11.4 Å². The van der Waals surface area contributed by atoms with E-state index in [2.05, 4.69) is 21.8 Å². The van der Waals surface area contributed by atoms with Gasteiger partial charge in [0.05, 0.1) is 30.7 Å². The number of oxazole rings is 1. The lowest BCUT2D eigenvalue weighted by Crippen LogP contribution is -2.48. The van der Waals surface area contributed by atoms with E-state index in [1.54, 1.807) is 12.4 Å². The SMILES string of the molecule is CCc1cc(-c2cnco2)c2ncc(C(=O)C3[C@@H]4CCN3CCO4)n2c1.